The molecule has 0 atom stereocenters. The Morgan fingerprint density at radius 3 is 2.78 bits per heavy atom. The van der Waals surface area contributed by atoms with Crippen LogP contribution in [-0.4, -0.2) is 21.4 Å². The van der Waals surface area contributed by atoms with Gasteiger partial charge in [0.15, 0.2) is 0 Å². The Hall–Kier alpha value is -0.470. The van der Waals surface area contributed by atoms with Crippen LogP contribution in [0.4, 0.5) is 5.69 Å². The molecule has 0 saturated carbocycles. The number of alkyl halides is 1. The summed E-state index contributed by atoms with van der Waals surface area (Å²) in [6.07, 6.45) is 2.78. The molecule has 0 aliphatic heterocycles. The summed E-state index contributed by atoms with van der Waals surface area (Å²) >= 11 is 10.6. The van der Waals surface area contributed by atoms with Crippen molar-refractivity contribution in [2.24, 2.45) is 0 Å². The average Bonchev–Trinajstić information content (AvgIpc) is 2.97. The molecular formula is C14H16Cl2N2O2S3. The number of hydrogen-bond acceptors (Lipinski definition) is 6. The molecule has 2 aromatic rings. The summed E-state index contributed by atoms with van der Waals surface area (Å²) in [7, 11) is 0. The number of nitrogens with zero attached hydrogens (tertiary/aromatic N) is 2. The summed E-state index contributed by atoms with van der Waals surface area (Å²) in [5.74, 6) is 2.28. The van der Waals surface area contributed by atoms with Crippen LogP contribution in [0.1, 0.15) is 17.7 Å². The molecular weight excluding hydrogens is 395 g/mol. The molecule has 0 N–H and O–H groups in total. The number of rotatable bonds is 8. The molecule has 2 heterocycles. The SMILES string of the molecule is Cc1c(SCCCSc2sccc2[N+](=O)[O-])ccnc1CCl.Cl. The predicted molar refractivity (Wildman–Crippen MR) is 103 cm³/mol. The van der Waals surface area contributed by atoms with Gasteiger partial charge < -0.3 is 0 Å². The molecule has 0 aliphatic carbocycles. The highest BCUT2D eigenvalue weighted by Gasteiger charge is 2.14. The van der Waals surface area contributed by atoms with E-state index in [-0.39, 0.29) is 23.0 Å². The molecule has 23 heavy (non-hydrogen) atoms. The lowest BCUT2D eigenvalue weighted by molar-refractivity contribution is -0.387. The number of thiophene rings is 1. The van der Waals surface area contributed by atoms with Crippen LogP contribution in [0.3, 0.4) is 0 Å². The maximum absolute atomic E-state index is 10.8. The highest BCUT2D eigenvalue weighted by atomic mass is 35.5. The Labute approximate surface area is 159 Å². The van der Waals surface area contributed by atoms with Crippen LogP contribution in [0.15, 0.2) is 32.8 Å². The third kappa shape index (κ3) is 5.83. The van der Waals surface area contributed by atoms with Gasteiger partial charge in [-0.1, -0.05) is 0 Å². The molecule has 9 heteroatoms. The van der Waals surface area contributed by atoms with Gasteiger partial charge in [-0.25, -0.2) is 0 Å². The molecule has 2 rings (SSSR count). The highest BCUT2D eigenvalue weighted by Crippen LogP contribution is 2.35. The van der Waals surface area contributed by atoms with Crippen molar-refractivity contribution in [3.63, 3.8) is 0 Å². The Morgan fingerprint density at radius 2 is 2.09 bits per heavy atom. The zero-order chi connectivity index (χ0) is 15.9. The largest absolute Gasteiger partial charge is 0.293 e. The minimum absolute atomic E-state index is 0. The fourth-order valence-corrected chi connectivity index (χ4v) is 5.28. The Bertz CT molecular complexity index is 653. The molecule has 126 valence electrons. The molecule has 4 nitrogen and oxygen atoms in total. The third-order valence-electron chi connectivity index (χ3n) is 2.97. The number of pyridine rings is 1. The van der Waals surface area contributed by atoms with E-state index in [9.17, 15) is 10.1 Å². The van der Waals surface area contributed by atoms with Gasteiger partial charge in [0.25, 0.3) is 5.69 Å². The molecule has 0 saturated heterocycles. The van der Waals surface area contributed by atoms with E-state index in [4.69, 9.17) is 11.6 Å². The van der Waals surface area contributed by atoms with Crippen LogP contribution >= 0.6 is 58.9 Å². The number of hydrogen-bond donors (Lipinski definition) is 0. The van der Waals surface area contributed by atoms with Crippen molar-refractivity contribution in [1.82, 2.24) is 4.98 Å². The molecule has 0 spiro atoms. The van der Waals surface area contributed by atoms with Gasteiger partial charge in [-0.2, -0.15) is 0 Å². The van der Waals surface area contributed by atoms with Gasteiger partial charge in [0.1, 0.15) is 4.21 Å². The first-order chi connectivity index (χ1) is 10.6. The van der Waals surface area contributed by atoms with Crippen molar-refractivity contribution in [2.75, 3.05) is 11.5 Å². The van der Waals surface area contributed by atoms with Crippen molar-refractivity contribution in [3.05, 3.63) is 45.1 Å². The maximum atomic E-state index is 10.8. The quantitative estimate of drug-likeness (QED) is 0.181. The maximum Gasteiger partial charge on any atom is 0.293 e. The van der Waals surface area contributed by atoms with Crippen molar-refractivity contribution in [2.45, 2.75) is 28.3 Å². The van der Waals surface area contributed by atoms with Gasteiger partial charge in [-0.3, -0.25) is 15.1 Å². The van der Waals surface area contributed by atoms with Gasteiger partial charge >= 0.3 is 0 Å². The molecule has 0 amide bonds. The standard InChI is InChI=1S/C14H15ClN2O2S3.ClH/c1-10-11(9-15)16-5-3-13(10)20-6-2-7-21-14-12(17(18)19)4-8-22-14;/h3-5,8H,2,6-7,9H2,1H3;1H. The lowest BCUT2D eigenvalue weighted by Crippen LogP contribution is -1.93. The summed E-state index contributed by atoms with van der Waals surface area (Å²) in [5, 5.41) is 12.6. The number of halogens is 2. The van der Waals surface area contributed by atoms with Gasteiger partial charge in [-0.05, 0) is 41.9 Å². The van der Waals surface area contributed by atoms with Gasteiger partial charge in [0, 0.05) is 17.2 Å². The Kier molecular flexibility index (Phi) is 9.31. The van der Waals surface area contributed by atoms with Gasteiger partial charge in [0.2, 0.25) is 0 Å². The minimum Gasteiger partial charge on any atom is -0.260 e. The lowest BCUT2D eigenvalue weighted by Gasteiger charge is -2.08. The van der Waals surface area contributed by atoms with Crippen LogP contribution < -0.4 is 0 Å². The molecule has 0 bridgehead atoms. The topological polar surface area (TPSA) is 56.0 Å². The minimum atomic E-state index is -0.318. The lowest BCUT2D eigenvalue weighted by atomic mass is 10.2. The fraction of sp³-hybridized carbons (Fsp3) is 0.357. The molecule has 0 radical (unpaired) electrons. The van der Waals surface area contributed by atoms with E-state index in [2.05, 4.69) is 4.98 Å². The molecule has 0 fully saturated rings. The average molecular weight is 411 g/mol. The van der Waals surface area contributed by atoms with Gasteiger partial charge in [-0.15, -0.1) is 58.9 Å². The highest BCUT2D eigenvalue weighted by molar-refractivity contribution is 8.01. The van der Waals surface area contributed by atoms with Crippen LogP contribution in [0, 0.1) is 17.0 Å². The Morgan fingerprint density at radius 1 is 1.35 bits per heavy atom. The van der Waals surface area contributed by atoms with Crippen molar-refractivity contribution >= 4 is 64.6 Å². The van der Waals surface area contributed by atoms with Crippen LogP contribution in [0.25, 0.3) is 0 Å². The Balaban J connectivity index is 0.00000264. The van der Waals surface area contributed by atoms with E-state index < -0.39 is 0 Å². The molecule has 2 aromatic heterocycles. The molecule has 0 aliphatic rings. The van der Waals surface area contributed by atoms with E-state index in [0.717, 1.165) is 33.4 Å². The first kappa shape index (κ1) is 20.6. The van der Waals surface area contributed by atoms with E-state index in [0.29, 0.717) is 5.88 Å². The number of nitro groups is 1. The summed E-state index contributed by atoms with van der Waals surface area (Å²) in [5.41, 5.74) is 2.29. The smallest absolute Gasteiger partial charge is 0.260 e. The second-order valence-electron chi connectivity index (χ2n) is 4.42. The third-order valence-corrected chi connectivity index (χ3v) is 6.77. The fourth-order valence-electron chi connectivity index (χ4n) is 1.79. The van der Waals surface area contributed by atoms with Crippen LogP contribution in [-0.2, 0) is 5.88 Å². The van der Waals surface area contributed by atoms with E-state index in [1.54, 1.807) is 41.2 Å². The molecule has 0 aromatic carbocycles. The first-order valence-corrected chi connectivity index (χ1v) is 10.00. The summed E-state index contributed by atoms with van der Waals surface area (Å²) in [6.45, 7) is 2.04. The zero-order valence-electron chi connectivity index (χ0n) is 12.4. The van der Waals surface area contributed by atoms with Crippen molar-refractivity contribution in [3.8, 4) is 0 Å². The molecule has 0 unspecified atom stereocenters. The van der Waals surface area contributed by atoms with E-state index >= 15 is 0 Å². The second kappa shape index (κ2) is 10.4. The number of thioether (sulfide) groups is 2. The second-order valence-corrected chi connectivity index (χ2v) is 8.10. The van der Waals surface area contributed by atoms with E-state index in [1.165, 1.54) is 16.2 Å². The first-order valence-electron chi connectivity index (χ1n) is 6.61. The van der Waals surface area contributed by atoms with Crippen molar-refractivity contribution < 1.29 is 4.92 Å². The van der Waals surface area contributed by atoms with E-state index in [1.807, 2.05) is 13.0 Å². The van der Waals surface area contributed by atoms with Crippen LogP contribution in [0.2, 0.25) is 0 Å². The van der Waals surface area contributed by atoms with Gasteiger partial charge in [0.05, 0.1) is 16.5 Å². The summed E-state index contributed by atoms with van der Waals surface area (Å²) in [4.78, 5) is 16.0. The summed E-state index contributed by atoms with van der Waals surface area (Å²) < 4.78 is 0.791. The number of aromatic nitrogens is 1. The zero-order valence-corrected chi connectivity index (χ0v) is 16.4. The van der Waals surface area contributed by atoms with Crippen molar-refractivity contribution in [1.29, 1.82) is 0 Å². The van der Waals surface area contributed by atoms with Crippen LogP contribution in [0.5, 0.6) is 0 Å². The predicted octanol–water partition coefficient (Wildman–Crippen LogP) is 5.79. The normalized spacial score (nSPS) is 10.3. The summed E-state index contributed by atoms with van der Waals surface area (Å²) in [6, 6.07) is 3.57. The monoisotopic (exact) mass is 410 g/mol.